The van der Waals surface area contributed by atoms with Gasteiger partial charge in [-0.25, -0.2) is 0 Å². The Bertz CT molecular complexity index is 1080. The van der Waals surface area contributed by atoms with Gasteiger partial charge in [-0.15, -0.1) is 0 Å². The molecule has 35 heavy (non-hydrogen) atoms. The molecule has 0 saturated carbocycles. The molecule has 0 bridgehead atoms. The van der Waals surface area contributed by atoms with Crippen molar-refractivity contribution in [2.75, 3.05) is 52.8 Å². The molecule has 3 aliphatic heterocycles. The molecule has 186 valence electrons. The molecular weight excluding hydrogens is 472 g/mol. The first-order valence-corrected chi connectivity index (χ1v) is 12.3. The third-order valence-electron chi connectivity index (χ3n) is 6.96. The molecule has 9 heteroatoms. The minimum Gasteiger partial charge on any atom is -0.493 e. The number of carbonyl (C=O) groups is 2. The van der Waals surface area contributed by atoms with Crippen LogP contribution in [-0.4, -0.2) is 74.4 Å². The van der Waals surface area contributed by atoms with Crippen molar-refractivity contribution in [1.82, 2.24) is 9.80 Å². The van der Waals surface area contributed by atoms with Crippen molar-refractivity contribution in [3.05, 3.63) is 53.1 Å². The molecule has 0 atom stereocenters. The highest BCUT2D eigenvalue weighted by Crippen LogP contribution is 2.38. The van der Waals surface area contributed by atoms with Crippen LogP contribution in [0, 0.1) is 5.41 Å². The Hall–Kier alpha value is -2.97. The average Bonchev–Trinajstić information content (AvgIpc) is 3.36. The van der Waals surface area contributed by atoms with E-state index in [9.17, 15) is 9.59 Å². The summed E-state index contributed by atoms with van der Waals surface area (Å²) in [6, 6.07) is 12.5. The Morgan fingerprint density at radius 3 is 2.49 bits per heavy atom. The average molecular weight is 501 g/mol. The second kappa shape index (κ2) is 10.3. The van der Waals surface area contributed by atoms with E-state index in [4.69, 9.17) is 30.5 Å². The van der Waals surface area contributed by atoms with Crippen LogP contribution >= 0.6 is 11.6 Å². The van der Waals surface area contributed by atoms with Crippen LogP contribution in [0.2, 0.25) is 5.02 Å². The summed E-state index contributed by atoms with van der Waals surface area (Å²) < 4.78 is 22.3. The van der Waals surface area contributed by atoms with Gasteiger partial charge in [0.05, 0.1) is 19.8 Å². The van der Waals surface area contributed by atoms with E-state index in [1.54, 1.807) is 30.3 Å². The van der Waals surface area contributed by atoms with E-state index >= 15 is 0 Å². The third-order valence-corrected chi connectivity index (χ3v) is 7.20. The Morgan fingerprint density at radius 1 is 0.943 bits per heavy atom. The number of ether oxygens (including phenoxy) is 4. The van der Waals surface area contributed by atoms with E-state index < -0.39 is 0 Å². The lowest BCUT2D eigenvalue weighted by Gasteiger charge is -2.42. The molecule has 0 aliphatic carbocycles. The Kier molecular flexibility index (Phi) is 7.02. The number of nitrogens with zero attached hydrogens (tertiary/aromatic N) is 2. The molecule has 8 nitrogen and oxygen atoms in total. The summed E-state index contributed by atoms with van der Waals surface area (Å²) in [5.74, 6) is 1.98. The first kappa shape index (κ1) is 23.8. The van der Waals surface area contributed by atoms with Crippen molar-refractivity contribution in [1.29, 1.82) is 0 Å². The molecule has 2 aromatic carbocycles. The topological polar surface area (TPSA) is 77.5 Å². The van der Waals surface area contributed by atoms with E-state index in [2.05, 4.69) is 0 Å². The predicted octanol–water partition coefficient (Wildman–Crippen LogP) is 3.62. The van der Waals surface area contributed by atoms with Crippen molar-refractivity contribution in [3.63, 3.8) is 0 Å². The molecule has 0 N–H and O–H groups in total. The van der Waals surface area contributed by atoms with Gasteiger partial charge in [-0.05, 0) is 49.2 Å². The van der Waals surface area contributed by atoms with Crippen LogP contribution in [-0.2, 0) is 9.53 Å². The fraction of sp³-hybridized carbons (Fsp3) is 0.462. The zero-order valence-electron chi connectivity index (χ0n) is 19.5. The highest BCUT2D eigenvalue weighted by Gasteiger charge is 2.40. The van der Waals surface area contributed by atoms with Crippen molar-refractivity contribution < 1.29 is 28.5 Å². The summed E-state index contributed by atoms with van der Waals surface area (Å²) in [6.07, 6.45) is 1.71. The lowest BCUT2D eigenvalue weighted by molar-refractivity contribution is -0.139. The van der Waals surface area contributed by atoms with E-state index in [-0.39, 0.29) is 24.0 Å². The van der Waals surface area contributed by atoms with Gasteiger partial charge >= 0.3 is 0 Å². The second-order valence-electron chi connectivity index (χ2n) is 9.28. The van der Waals surface area contributed by atoms with Gasteiger partial charge in [0, 0.05) is 48.6 Å². The van der Waals surface area contributed by atoms with Crippen molar-refractivity contribution in [2.24, 2.45) is 5.41 Å². The highest BCUT2D eigenvalue weighted by atomic mass is 35.5. The van der Waals surface area contributed by atoms with Crippen molar-refractivity contribution in [2.45, 2.75) is 19.3 Å². The Labute approximate surface area is 209 Å². The van der Waals surface area contributed by atoms with Gasteiger partial charge in [0.15, 0.2) is 11.5 Å². The number of hydrogen-bond acceptors (Lipinski definition) is 6. The zero-order valence-corrected chi connectivity index (χ0v) is 20.3. The summed E-state index contributed by atoms with van der Waals surface area (Å²) in [5.41, 5.74) is 0.199. The van der Waals surface area contributed by atoms with Crippen LogP contribution in [0.15, 0.2) is 42.5 Å². The normalized spacial score (nSPS) is 18.9. The maximum atomic E-state index is 13.2. The van der Waals surface area contributed by atoms with E-state index in [0.717, 1.165) is 0 Å². The molecular formula is C26H29ClN2O6. The maximum absolute atomic E-state index is 13.2. The molecule has 0 unspecified atom stereocenters. The first-order valence-electron chi connectivity index (χ1n) is 11.9. The minimum absolute atomic E-state index is 0.0489. The van der Waals surface area contributed by atoms with Gasteiger partial charge in [0.25, 0.3) is 5.91 Å². The van der Waals surface area contributed by atoms with Crippen molar-refractivity contribution in [3.8, 4) is 17.2 Å². The lowest BCUT2D eigenvalue weighted by Crippen LogP contribution is -2.49. The highest BCUT2D eigenvalue weighted by molar-refractivity contribution is 6.30. The van der Waals surface area contributed by atoms with Crippen LogP contribution < -0.4 is 14.2 Å². The largest absolute Gasteiger partial charge is 0.493 e. The Morgan fingerprint density at radius 2 is 1.71 bits per heavy atom. The standard InChI is InChI=1S/C26H29ClN2O6/c27-20-2-1-3-21(15-20)33-17-26(16-24(30)28-10-12-32-13-11-28)6-8-29(9-7-26)25(31)19-4-5-22-23(14-19)35-18-34-22/h1-5,14-15H,6-13,16-18H2. The lowest BCUT2D eigenvalue weighted by atomic mass is 9.75. The molecule has 2 saturated heterocycles. The molecule has 2 aromatic rings. The summed E-state index contributed by atoms with van der Waals surface area (Å²) in [5, 5.41) is 0.602. The summed E-state index contributed by atoms with van der Waals surface area (Å²) in [6.45, 7) is 3.99. The summed E-state index contributed by atoms with van der Waals surface area (Å²) in [4.78, 5) is 30.1. The van der Waals surface area contributed by atoms with Gasteiger partial charge in [-0.3, -0.25) is 9.59 Å². The quantitative estimate of drug-likeness (QED) is 0.603. The number of piperidine rings is 1. The number of carbonyl (C=O) groups excluding carboxylic acids is 2. The number of morpholine rings is 1. The number of amides is 2. The molecule has 3 aliphatic rings. The van der Waals surface area contributed by atoms with E-state index in [0.29, 0.717) is 93.1 Å². The Balaban J connectivity index is 1.27. The number of hydrogen-bond donors (Lipinski definition) is 0. The second-order valence-corrected chi connectivity index (χ2v) is 9.71. The zero-order chi connectivity index (χ0) is 24.3. The number of fused-ring (bicyclic) bond motifs is 1. The van der Waals surface area contributed by atoms with E-state index in [1.807, 2.05) is 21.9 Å². The third kappa shape index (κ3) is 5.49. The molecule has 0 spiro atoms. The predicted molar refractivity (Wildman–Crippen MR) is 129 cm³/mol. The monoisotopic (exact) mass is 500 g/mol. The van der Waals surface area contributed by atoms with Crippen LogP contribution in [0.4, 0.5) is 0 Å². The van der Waals surface area contributed by atoms with Gasteiger partial charge in [-0.2, -0.15) is 0 Å². The van der Waals surface area contributed by atoms with E-state index in [1.165, 1.54) is 0 Å². The van der Waals surface area contributed by atoms with Gasteiger partial charge in [-0.1, -0.05) is 17.7 Å². The molecule has 0 radical (unpaired) electrons. The number of benzene rings is 2. The fourth-order valence-electron chi connectivity index (χ4n) is 4.81. The summed E-state index contributed by atoms with van der Waals surface area (Å²) in [7, 11) is 0. The fourth-order valence-corrected chi connectivity index (χ4v) is 4.99. The van der Waals surface area contributed by atoms with Gasteiger partial charge in [0.1, 0.15) is 5.75 Å². The van der Waals surface area contributed by atoms with Crippen LogP contribution in [0.5, 0.6) is 17.2 Å². The van der Waals surface area contributed by atoms with Crippen LogP contribution in [0.25, 0.3) is 0 Å². The minimum atomic E-state index is -0.372. The summed E-state index contributed by atoms with van der Waals surface area (Å²) >= 11 is 6.12. The van der Waals surface area contributed by atoms with Crippen LogP contribution in [0.1, 0.15) is 29.6 Å². The van der Waals surface area contributed by atoms with Gasteiger partial charge in [0.2, 0.25) is 12.7 Å². The van der Waals surface area contributed by atoms with Gasteiger partial charge < -0.3 is 28.7 Å². The number of halogens is 1. The number of rotatable bonds is 6. The maximum Gasteiger partial charge on any atom is 0.253 e. The molecule has 2 amide bonds. The molecule has 3 heterocycles. The van der Waals surface area contributed by atoms with Crippen LogP contribution in [0.3, 0.4) is 0 Å². The number of likely N-dealkylation sites (tertiary alicyclic amines) is 1. The van der Waals surface area contributed by atoms with Crippen molar-refractivity contribution >= 4 is 23.4 Å². The first-order chi connectivity index (χ1) is 17.0. The SMILES string of the molecule is O=C(CC1(COc2cccc(Cl)c2)CCN(C(=O)c2ccc3c(c2)OCO3)CC1)N1CCOCC1. The molecule has 5 rings (SSSR count). The molecule has 0 aromatic heterocycles. The molecule has 2 fully saturated rings. The smallest absolute Gasteiger partial charge is 0.253 e.